The maximum atomic E-state index is 5.90. The van der Waals surface area contributed by atoms with Crippen molar-refractivity contribution in [2.45, 2.75) is 0 Å². The van der Waals surface area contributed by atoms with Crippen LogP contribution in [0.2, 0.25) is 5.02 Å². The van der Waals surface area contributed by atoms with Crippen molar-refractivity contribution in [1.29, 1.82) is 0 Å². The topological polar surface area (TPSA) is 12.9 Å². The third kappa shape index (κ3) is 2.18. The van der Waals surface area contributed by atoms with Crippen LogP contribution >= 0.6 is 11.6 Å². The quantitative estimate of drug-likeness (QED) is 0.662. The molecule has 0 atom stereocenters. The predicted octanol–water partition coefficient (Wildman–Crippen LogP) is 3.38. The fourth-order valence-electron chi connectivity index (χ4n) is 1.32. The van der Waals surface area contributed by atoms with Gasteiger partial charge in [0.05, 0.1) is 0 Å². The largest absolute Gasteiger partial charge is 0.247 e. The van der Waals surface area contributed by atoms with Gasteiger partial charge in [0, 0.05) is 16.8 Å². The van der Waals surface area contributed by atoms with E-state index in [1.807, 2.05) is 36.4 Å². The van der Waals surface area contributed by atoms with Gasteiger partial charge in [0.15, 0.2) is 0 Å². The molecule has 0 aliphatic heterocycles. The van der Waals surface area contributed by atoms with E-state index in [-0.39, 0.29) is 0 Å². The molecule has 0 saturated heterocycles. The van der Waals surface area contributed by atoms with E-state index in [1.165, 1.54) is 0 Å². The second kappa shape index (κ2) is 4.16. The van der Waals surface area contributed by atoms with Crippen LogP contribution in [0.3, 0.4) is 0 Å². The van der Waals surface area contributed by atoms with Gasteiger partial charge in [-0.15, -0.1) is 6.42 Å². The maximum absolute atomic E-state index is 5.90. The third-order valence-electron chi connectivity index (χ3n) is 2.07. The van der Waals surface area contributed by atoms with Crippen molar-refractivity contribution in [3.8, 4) is 23.5 Å². The Morgan fingerprint density at radius 2 is 2.00 bits per heavy atom. The first kappa shape index (κ1) is 9.76. The fraction of sp³-hybridized carbons (Fsp3) is 0. The number of rotatable bonds is 1. The summed E-state index contributed by atoms with van der Waals surface area (Å²) in [4.78, 5) is 4.12. The van der Waals surface area contributed by atoms with Gasteiger partial charge >= 0.3 is 0 Å². The zero-order valence-electron chi connectivity index (χ0n) is 7.94. The maximum Gasteiger partial charge on any atom is 0.112 e. The van der Waals surface area contributed by atoms with Crippen molar-refractivity contribution in [3.05, 3.63) is 53.3 Å². The van der Waals surface area contributed by atoms with E-state index in [2.05, 4.69) is 10.9 Å². The van der Waals surface area contributed by atoms with Crippen LogP contribution in [0.1, 0.15) is 5.69 Å². The van der Waals surface area contributed by atoms with Crippen molar-refractivity contribution in [2.24, 2.45) is 0 Å². The highest BCUT2D eigenvalue weighted by Crippen LogP contribution is 2.21. The van der Waals surface area contributed by atoms with Crippen molar-refractivity contribution in [3.63, 3.8) is 0 Å². The second-order valence-electron chi connectivity index (χ2n) is 3.09. The zero-order valence-corrected chi connectivity index (χ0v) is 8.70. The molecule has 0 N–H and O–H groups in total. The van der Waals surface area contributed by atoms with Crippen LogP contribution < -0.4 is 0 Å². The van der Waals surface area contributed by atoms with Gasteiger partial charge in [-0.05, 0) is 23.8 Å². The molecule has 0 radical (unpaired) electrons. The second-order valence-corrected chi connectivity index (χ2v) is 3.52. The summed E-state index contributed by atoms with van der Waals surface area (Å²) in [6, 6.07) is 11.4. The lowest BCUT2D eigenvalue weighted by Crippen LogP contribution is -1.83. The van der Waals surface area contributed by atoms with Gasteiger partial charge in [-0.3, -0.25) is 0 Å². The van der Waals surface area contributed by atoms with Crippen LogP contribution in [0.25, 0.3) is 11.1 Å². The number of hydrogen-bond acceptors (Lipinski definition) is 1. The normalized spacial score (nSPS) is 9.60. The van der Waals surface area contributed by atoms with Crippen LogP contribution in [-0.4, -0.2) is 4.98 Å². The summed E-state index contributed by atoms with van der Waals surface area (Å²) >= 11 is 5.90. The van der Waals surface area contributed by atoms with Gasteiger partial charge in [-0.2, -0.15) is 0 Å². The van der Waals surface area contributed by atoms with Crippen LogP contribution in [0.4, 0.5) is 0 Å². The van der Waals surface area contributed by atoms with Crippen molar-refractivity contribution in [2.75, 3.05) is 0 Å². The minimum Gasteiger partial charge on any atom is -0.247 e. The fourth-order valence-corrected chi connectivity index (χ4v) is 1.51. The van der Waals surface area contributed by atoms with E-state index < -0.39 is 0 Å². The molecule has 0 aliphatic carbocycles. The van der Waals surface area contributed by atoms with E-state index in [0.717, 1.165) is 11.1 Å². The molecule has 2 heteroatoms. The number of nitrogens with zero attached hydrogens (tertiary/aromatic N) is 1. The molecule has 0 fully saturated rings. The molecular weight excluding hydrogens is 206 g/mol. The van der Waals surface area contributed by atoms with Gasteiger partial charge in [0.1, 0.15) is 5.69 Å². The summed E-state index contributed by atoms with van der Waals surface area (Å²) in [6.07, 6.45) is 6.98. The zero-order chi connectivity index (χ0) is 10.7. The van der Waals surface area contributed by atoms with E-state index >= 15 is 0 Å². The Hall–Kier alpha value is -1.78. The van der Waals surface area contributed by atoms with Gasteiger partial charge in [0.25, 0.3) is 0 Å². The highest BCUT2D eigenvalue weighted by molar-refractivity contribution is 6.30. The van der Waals surface area contributed by atoms with Crippen LogP contribution in [0.5, 0.6) is 0 Å². The molecule has 1 heterocycles. The number of hydrogen-bond donors (Lipinski definition) is 0. The van der Waals surface area contributed by atoms with Crippen molar-refractivity contribution < 1.29 is 0 Å². The lowest BCUT2D eigenvalue weighted by Gasteiger charge is -2.01. The molecule has 0 unspecified atom stereocenters. The minimum atomic E-state index is 0.640. The first-order valence-electron chi connectivity index (χ1n) is 4.48. The van der Waals surface area contributed by atoms with E-state index in [1.54, 1.807) is 6.20 Å². The first-order chi connectivity index (χ1) is 7.29. The Bertz CT molecular complexity index is 509. The Morgan fingerprint density at radius 3 is 2.60 bits per heavy atom. The summed E-state index contributed by atoms with van der Waals surface area (Å²) in [5.74, 6) is 2.48. The third-order valence-corrected chi connectivity index (χ3v) is 2.30. The van der Waals surface area contributed by atoms with E-state index in [9.17, 15) is 0 Å². The van der Waals surface area contributed by atoms with Gasteiger partial charge < -0.3 is 0 Å². The molecule has 1 aromatic carbocycles. The molecule has 0 amide bonds. The average molecular weight is 214 g/mol. The molecular formula is C13H8ClN. The Labute approximate surface area is 93.7 Å². The summed E-state index contributed by atoms with van der Waals surface area (Å²) in [5, 5.41) is 0.716. The van der Waals surface area contributed by atoms with Gasteiger partial charge in [-0.25, -0.2) is 4.98 Å². The molecule has 2 rings (SSSR count). The molecule has 0 saturated carbocycles. The number of terminal acetylenes is 1. The molecule has 1 aromatic heterocycles. The molecule has 72 valence electrons. The standard InChI is InChI=1S/C13H8ClN/c1-2-13-7-6-11(9-15-13)10-4-3-5-12(14)8-10/h1,3-9H. The van der Waals surface area contributed by atoms with Crippen LogP contribution in [0.15, 0.2) is 42.6 Å². The summed E-state index contributed by atoms with van der Waals surface area (Å²) in [6.45, 7) is 0. The lowest BCUT2D eigenvalue weighted by atomic mass is 10.1. The van der Waals surface area contributed by atoms with Crippen LogP contribution in [-0.2, 0) is 0 Å². The van der Waals surface area contributed by atoms with Gasteiger partial charge in [-0.1, -0.05) is 35.7 Å². The molecule has 15 heavy (non-hydrogen) atoms. The minimum absolute atomic E-state index is 0.640. The number of pyridine rings is 1. The monoisotopic (exact) mass is 213 g/mol. The molecule has 0 bridgehead atoms. The number of benzene rings is 1. The highest BCUT2D eigenvalue weighted by atomic mass is 35.5. The Balaban J connectivity index is 2.42. The van der Waals surface area contributed by atoms with Crippen LogP contribution in [0, 0.1) is 12.3 Å². The average Bonchev–Trinajstić information content (AvgIpc) is 2.29. The number of halogens is 1. The lowest BCUT2D eigenvalue weighted by molar-refractivity contribution is 1.29. The molecule has 0 spiro atoms. The Kier molecular flexibility index (Phi) is 2.71. The summed E-state index contributed by atoms with van der Waals surface area (Å²) in [5.41, 5.74) is 2.69. The SMILES string of the molecule is C#Cc1ccc(-c2cccc(Cl)c2)cn1. The predicted molar refractivity (Wildman–Crippen MR) is 62.6 cm³/mol. The number of aromatic nitrogens is 1. The highest BCUT2D eigenvalue weighted by Gasteiger charge is 1.98. The van der Waals surface area contributed by atoms with Gasteiger partial charge in [0.2, 0.25) is 0 Å². The molecule has 1 nitrogen and oxygen atoms in total. The van der Waals surface area contributed by atoms with Crippen molar-refractivity contribution in [1.82, 2.24) is 4.98 Å². The van der Waals surface area contributed by atoms with Crippen molar-refractivity contribution >= 4 is 11.6 Å². The van der Waals surface area contributed by atoms with E-state index in [4.69, 9.17) is 18.0 Å². The molecule has 0 aliphatic rings. The summed E-state index contributed by atoms with van der Waals surface area (Å²) < 4.78 is 0. The summed E-state index contributed by atoms with van der Waals surface area (Å²) in [7, 11) is 0. The Morgan fingerprint density at radius 1 is 1.13 bits per heavy atom. The molecule has 2 aromatic rings. The smallest absolute Gasteiger partial charge is 0.112 e. The first-order valence-corrected chi connectivity index (χ1v) is 4.86. The van der Waals surface area contributed by atoms with E-state index in [0.29, 0.717) is 10.7 Å².